The van der Waals surface area contributed by atoms with Gasteiger partial charge in [-0.1, -0.05) is 0 Å². The van der Waals surface area contributed by atoms with Crippen LogP contribution in [0.1, 0.15) is 0 Å². The van der Waals surface area contributed by atoms with Crippen LogP contribution in [-0.2, 0) is 10.0 Å². The highest BCUT2D eigenvalue weighted by Gasteiger charge is 2.25. The first-order valence-corrected chi connectivity index (χ1v) is 9.37. The number of aromatic nitrogens is 2. The highest BCUT2D eigenvalue weighted by atomic mass is 127. The zero-order valence-electron chi connectivity index (χ0n) is 10.9. The van der Waals surface area contributed by atoms with Crippen molar-refractivity contribution < 1.29 is 8.42 Å². The second-order valence-electron chi connectivity index (χ2n) is 4.18. The zero-order valence-corrected chi connectivity index (χ0v) is 14.7. The Balaban J connectivity index is 2.07. The molecule has 1 aromatic carbocycles. The number of hydrogen-bond donors (Lipinski definition) is 2. The number of thiazole rings is 1. The number of halogens is 1. The maximum atomic E-state index is 12.6. The summed E-state index contributed by atoms with van der Waals surface area (Å²) in [7, 11) is -2.08. The van der Waals surface area contributed by atoms with E-state index in [1.54, 1.807) is 35.2 Å². The maximum absolute atomic E-state index is 12.6. The Bertz CT molecular complexity index is 884. The van der Waals surface area contributed by atoms with Crippen LogP contribution in [0.15, 0.2) is 40.9 Å². The lowest BCUT2D eigenvalue weighted by Gasteiger charge is -2.08. The van der Waals surface area contributed by atoms with Crippen molar-refractivity contribution >= 4 is 60.4 Å². The third-order valence-corrected chi connectivity index (χ3v) is 5.69. The fraction of sp³-hybridized carbons (Fsp3) is 0.0833. The van der Waals surface area contributed by atoms with Crippen LogP contribution < -0.4 is 10.0 Å². The van der Waals surface area contributed by atoms with E-state index in [1.807, 2.05) is 12.1 Å². The Kier molecular flexibility index (Phi) is 3.80. The third kappa shape index (κ3) is 2.72. The highest BCUT2D eigenvalue weighted by Crippen LogP contribution is 2.27. The molecule has 0 radical (unpaired) electrons. The highest BCUT2D eigenvalue weighted by molar-refractivity contribution is 14.1. The fourth-order valence-corrected chi connectivity index (χ4v) is 4.39. The molecule has 0 amide bonds. The third-order valence-electron chi connectivity index (χ3n) is 2.81. The van der Waals surface area contributed by atoms with Gasteiger partial charge < -0.3 is 5.32 Å². The van der Waals surface area contributed by atoms with Gasteiger partial charge in [-0.2, -0.15) is 8.42 Å². The van der Waals surface area contributed by atoms with Crippen LogP contribution in [-0.4, -0.2) is 24.9 Å². The lowest BCUT2D eigenvalue weighted by Crippen LogP contribution is -2.16. The second kappa shape index (κ2) is 5.46. The summed E-state index contributed by atoms with van der Waals surface area (Å²) >= 11 is 3.55. The molecule has 0 bridgehead atoms. The minimum Gasteiger partial charge on any atom is -0.371 e. The van der Waals surface area contributed by atoms with Crippen molar-refractivity contribution in [3.63, 3.8) is 0 Å². The summed E-state index contributed by atoms with van der Waals surface area (Å²) in [4.78, 5) is 4.89. The van der Waals surface area contributed by atoms with Gasteiger partial charge in [0.05, 0.1) is 0 Å². The Labute approximate surface area is 139 Å². The van der Waals surface area contributed by atoms with Gasteiger partial charge in [0.1, 0.15) is 0 Å². The molecule has 0 saturated carbocycles. The van der Waals surface area contributed by atoms with Crippen LogP contribution in [0.5, 0.6) is 0 Å². The van der Waals surface area contributed by atoms with Crippen LogP contribution in [0, 0.1) is 3.57 Å². The molecule has 0 aliphatic carbocycles. The second-order valence-corrected chi connectivity index (χ2v) is 7.90. The van der Waals surface area contributed by atoms with E-state index in [0.29, 0.717) is 16.5 Å². The van der Waals surface area contributed by atoms with Crippen molar-refractivity contribution in [3.05, 3.63) is 39.4 Å². The van der Waals surface area contributed by atoms with Crippen molar-refractivity contribution in [2.75, 3.05) is 17.1 Å². The average molecular weight is 434 g/mol. The van der Waals surface area contributed by atoms with E-state index < -0.39 is 10.0 Å². The standard InChI is InChI=1S/C12H11IN4O2S2/c1-14-10-11(17-6-7-20-12(17)15-10)21(18,19)16-9-4-2-8(13)3-5-9/h2-7,14,16H,1H3. The van der Waals surface area contributed by atoms with Gasteiger partial charge in [-0.3, -0.25) is 9.12 Å². The summed E-state index contributed by atoms with van der Waals surface area (Å²) in [5, 5.41) is 4.73. The number of nitrogens with one attached hydrogen (secondary N) is 2. The number of imidazole rings is 1. The monoisotopic (exact) mass is 434 g/mol. The first-order valence-electron chi connectivity index (χ1n) is 5.93. The van der Waals surface area contributed by atoms with Crippen LogP contribution >= 0.6 is 33.9 Å². The Morgan fingerprint density at radius 3 is 2.67 bits per heavy atom. The molecule has 0 saturated heterocycles. The van der Waals surface area contributed by atoms with E-state index in [4.69, 9.17) is 0 Å². The number of rotatable bonds is 4. The fourth-order valence-electron chi connectivity index (χ4n) is 1.91. The topological polar surface area (TPSA) is 75.5 Å². The molecule has 0 aliphatic rings. The molecule has 2 N–H and O–H groups in total. The molecule has 110 valence electrons. The van der Waals surface area contributed by atoms with Gasteiger partial charge in [0.2, 0.25) is 5.03 Å². The normalized spacial score (nSPS) is 11.7. The molecule has 21 heavy (non-hydrogen) atoms. The molecule has 0 spiro atoms. The van der Waals surface area contributed by atoms with Gasteiger partial charge in [-0.05, 0) is 46.9 Å². The molecule has 0 fully saturated rings. The lowest BCUT2D eigenvalue weighted by molar-refractivity contribution is 0.597. The minimum absolute atomic E-state index is 0.111. The van der Waals surface area contributed by atoms with Gasteiger partial charge in [0, 0.05) is 27.9 Å². The van der Waals surface area contributed by atoms with Gasteiger partial charge >= 0.3 is 0 Å². The molecule has 0 atom stereocenters. The predicted molar refractivity (Wildman–Crippen MR) is 92.6 cm³/mol. The van der Waals surface area contributed by atoms with E-state index in [0.717, 1.165) is 3.57 Å². The van der Waals surface area contributed by atoms with E-state index >= 15 is 0 Å². The van der Waals surface area contributed by atoms with Gasteiger partial charge in [-0.15, -0.1) is 11.3 Å². The number of anilines is 2. The summed E-state index contributed by atoms with van der Waals surface area (Å²) in [5.41, 5.74) is 0.516. The number of fused-ring (bicyclic) bond motifs is 1. The Morgan fingerprint density at radius 1 is 1.29 bits per heavy atom. The van der Waals surface area contributed by atoms with Crippen molar-refractivity contribution in [2.24, 2.45) is 0 Å². The first kappa shape index (κ1) is 14.6. The number of nitrogens with zero attached hydrogens (tertiary/aromatic N) is 2. The van der Waals surface area contributed by atoms with Crippen molar-refractivity contribution in [1.82, 2.24) is 9.38 Å². The van der Waals surface area contributed by atoms with E-state index in [1.165, 1.54) is 11.3 Å². The van der Waals surface area contributed by atoms with Crippen molar-refractivity contribution in [3.8, 4) is 0 Å². The van der Waals surface area contributed by atoms with E-state index in [2.05, 4.69) is 37.6 Å². The Morgan fingerprint density at radius 2 is 2.00 bits per heavy atom. The van der Waals surface area contributed by atoms with E-state index in [-0.39, 0.29) is 5.03 Å². The SMILES string of the molecule is CNc1nc2sccn2c1S(=O)(=O)Nc1ccc(I)cc1. The largest absolute Gasteiger partial charge is 0.371 e. The van der Waals surface area contributed by atoms with Crippen LogP contribution in [0.2, 0.25) is 0 Å². The summed E-state index contributed by atoms with van der Waals surface area (Å²) in [5.74, 6) is 0.333. The zero-order chi connectivity index (χ0) is 15.0. The first-order chi connectivity index (χ1) is 10.0. The van der Waals surface area contributed by atoms with E-state index in [9.17, 15) is 8.42 Å². The lowest BCUT2D eigenvalue weighted by atomic mass is 10.3. The molecule has 6 nitrogen and oxygen atoms in total. The molecule has 2 aromatic heterocycles. The van der Waals surface area contributed by atoms with Gasteiger partial charge in [0.15, 0.2) is 10.8 Å². The molecule has 3 rings (SSSR count). The summed E-state index contributed by atoms with van der Waals surface area (Å²) in [6.07, 6.45) is 1.69. The van der Waals surface area contributed by atoms with Crippen molar-refractivity contribution in [2.45, 2.75) is 5.03 Å². The molecular weight excluding hydrogens is 423 g/mol. The predicted octanol–water partition coefficient (Wildman–Crippen LogP) is 2.84. The molecular formula is C12H11IN4O2S2. The van der Waals surface area contributed by atoms with Crippen molar-refractivity contribution in [1.29, 1.82) is 0 Å². The molecule has 3 aromatic rings. The molecule has 0 unspecified atom stereocenters. The average Bonchev–Trinajstić information content (AvgIpc) is 3.00. The Hall–Kier alpha value is -1.33. The number of sulfonamides is 1. The summed E-state index contributed by atoms with van der Waals surface area (Å²) < 4.78 is 30.4. The molecule has 0 aliphatic heterocycles. The van der Waals surface area contributed by atoms with Crippen LogP contribution in [0.25, 0.3) is 4.96 Å². The quantitative estimate of drug-likeness (QED) is 0.620. The smallest absolute Gasteiger partial charge is 0.281 e. The molecule has 2 heterocycles. The van der Waals surface area contributed by atoms with Gasteiger partial charge in [-0.25, -0.2) is 4.98 Å². The summed E-state index contributed by atoms with van der Waals surface area (Å²) in [6, 6.07) is 7.14. The van der Waals surface area contributed by atoms with Crippen LogP contribution in [0.4, 0.5) is 11.5 Å². The summed E-state index contributed by atoms with van der Waals surface area (Å²) in [6.45, 7) is 0. The van der Waals surface area contributed by atoms with Crippen LogP contribution in [0.3, 0.4) is 0 Å². The maximum Gasteiger partial charge on any atom is 0.281 e. The van der Waals surface area contributed by atoms with Gasteiger partial charge in [0.25, 0.3) is 10.0 Å². The number of hydrogen-bond acceptors (Lipinski definition) is 5. The number of benzene rings is 1. The molecule has 9 heteroatoms. The minimum atomic E-state index is -3.73.